The fourth-order valence-electron chi connectivity index (χ4n) is 9.82. The summed E-state index contributed by atoms with van der Waals surface area (Å²) in [5, 5.41) is 48.1. The van der Waals surface area contributed by atoms with Crippen molar-refractivity contribution in [1.29, 1.82) is 0 Å². The first-order valence-corrected chi connectivity index (χ1v) is 27.0. The van der Waals surface area contributed by atoms with Crippen molar-refractivity contribution in [3.05, 3.63) is 113 Å². The van der Waals surface area contributed by atoms with Crippen LogP contribution in [0.15, 0.2) is 99.9 Å². The second-order valence-electron chi connectivity index (χ2n) is 18.5. The molecular formula is C53H71N7O6S3. The molecule has 0 bridgehead atoms. The molecule has 0 amide bonds. The number of thiophene rings is 1. The van der Waals surface area contributed by atoms with Gasteiger partial charge in [0.1, 0.15) is 11.5 Å². The molecule has 8 rings (SSSR count). The number of aliphatic hydroxyl groups is 4. The minimum absolute atomic E-state index is 0.137. The van der Waals surface area contributed by atoms with Crippen LogP contribution in [0.25, 0.3) is 21.8 Å². The van der Waals surface area contributed by atoms with Crippen molar-refractivity contribution in [2.45, 2.75) is 85.9 Å². The molecule has 2 aliphatic heterocycles. The Balaban J connectivity index is 0.000000204. The van der Waals surface area contributed by atoms with Crippen LogP contribution in [0.4, 0.5) is 0 Å². The third-order valence-electron chi connectivity index (χ3n) is 14.3. The van der Waals surface area contributed by atoms with Gasteiger partial charge in [-0.2, -0.15) is 0 Å². The number of nitrogens with zero attached hydrogens (tertiary/aromatic N) is 5. The number of rotatable bonds is 22. The molecule has 6 heterocycles. The molecule has 372 valence electrons. The molecule has 0 radical (unpaired) electrons. The molecule has 69 heavy (non-hydrogen) atoms. The van der Waals surface area contributed by atoms with Crippen molar-refractivity contribution >= 4 is 56.7 Å². The lowest BCUT2D eigenvalue weighted by molar-refractivity contribution is 0.0253. The van der Waals surface area contributed by atoms with Crippen LogP contribution in [-0.2, 0) is 13.1 Å². The smallest absolute Gasteiger partial charge is 0.119 e. The van der Waals surface area contributed by atoms with E-state index < -0.39 is 12.2 Å². The van der Waals surface area contributed by atoms with Crippen LogP contribution >= 0.6 is 34.9 Å². The summed E-state index contributed by atoms with van der Waals surface area (Å²) in [6.07, 6.45) is 10.5. The van der Waals surface area contributed by atoms with Gasteiger partial charge in [0.25, 0.3) is 0 Å². The van der Waals surface area contributed by atoms with E-state index in [2.05, 4.69) is 42.3 Å². The number of benzene rings is 2. The average molecular weight is 998 g/mol. The van der Waals surface area contributed by atoms with E-state index in [1.54, 1.807) is 49.7 Å². The number of aromatic nitrogens is 3. The molecule has 13 nitrogen and oxygen atoms in total. The third-order valence-corrected chi connectivity index (χ3v) is 17.4. The Morgan fingerprint density at radius 1 is 0.667 bits per heavy atom. The number of fused-ring (bicyclic) bond motifs is 2. The van der Waals surface area contributed by atoms with Crippen molar-refractivity contribution in [2.75, 3.05) is 78.2 Å². The van der Waals surface area contributed by atoms with Gasteiger partial charge in [0.05, 0.1) is 46.7 Å². The predicted octanol–water partition coefficient (Wildman–Crippen LogP) is 8.22. The first-order chi connectivity index (χ1) is 33.6. The highest BCUT2D eigenvalue weighted by Gasteiger charge is 2.36. The van der Waals surface area contributed by atoms with E-state index in [1.165, 1.54) is 4.21 Å². The van der Waals surface area contributed by atoms with Gasteiger partial charge in [-0.1, -0.05) is 12.1 Å². The van der Waals surface area contributed by atoms with Crippen molar-refractivity contribution in [1.82, 2.24) is 24.8 Å². The van der Waals surface area contributed by atoms with Gasteiger partial charge < -0.3 is 51.2 Å². The van der Waals surface area contributed by atoms with Gasteiger partial charge >= 0.3 is 0 Å². The minimum Gasteiger partial charge on any atom is -0.497 e. The molecule has 8 N–H and O–H groups in total. The molecule has 2 fully saturated rings. The standard InChI is InChI=1S/C27H36N4O3S.C26H35N3O3S2/c1-34-21-5-6-23-22(16-21)26(20(17-28)18-30-23)24(33)7-8-27(19-32)9-12-31(13-10-27)14-15-35-25-4-2-3-11-29-25;1-32-20-4-5-22-21(15-20)25(19(16-27)17-28-22)23(31)6-7-26(18-30)8-10-29(11-9-26)12-14-34-24-3-2-13-33-24/h2-6,11,16,18,24,32-33H,7-10,12-15,17,19,28H2,1H3;2-5,13,15,17,23,30-31H,6-12,14,16,18,27H2,1H3/t24-;23-/m11/s1. The van der Waals surface area contributed by atoms with Gasteiger partial charge in [0.15, 0.2) is 0 Å². The molecule has 0 saturated carbocycles. The molecule has 2 atom stereocenters. The summed E-state index contributed by atoms with van der Waals surface area (Å²) in [7, 11) is 3.27. The largest absolute Gasteiger partial charge is 0.497 e. The quantitative estimate of drug-likeness (QED) is 0.0356. The fraction of sp³-hybridized carbons (Fsp3) is 0.491. The maximum atomic E-state index is 11.3. The number of likely N-dealkylation sites (tertiary alicyclic amines) is 2. The maximum Gasteiger partial charge on any atom is 0.119 e. The Morgan fingerprint density at radius 2 is 1.17 bits per heavy atom. The number of pyridine rings is 3. The number of aliphatic hydroxyl groups excluding tert-OH is 4. The van der Waals surface area contributed by atoms with E-state index in [0.717, 1.165) is 150 Å². The average Bonchev–Trinajstić information content (AvgIpc) is 3.93. The predicted molar refractivity (Wildman–Crippen MR) is 281 cm³/mol. The number of hydrogen-bond acceptors (Lipinski definition) is 16. The number of ether oxygens (including phenoxy) is 2. The van der Waals surface area contributed by atoms with Crippen molar-refractivity contribution < 1.29 is 29.9 Å². The van der Waals surface area contributed by atoms with E-state index >= 15 is 0 Å². The van der Waals surface area contributed by atoms with Crippen LogP contribution in [0.2, 0.25) is 0 Å². The van der Waals surface area contributed by atoms with E-state index in [1.807, 2.05) is 72.6 Å². The maximum absolute atomic E-state index is 11.3. The number of methoxy groups -OCH3 is 2. The summed E-state index contributed by atoms with van der Waals surface area (Å²) < 4.78 is 12.2. The molecule has 2 saturated heterocycles. The number of nitrogens with two attached hydrogens (primary N) is 2. The molecule has 4 aromatic heterocycles. The monoisotopic (exact) mass is 997 g/mol. The van der Waals surface area contributed by atoms with Crippen LogP contribution in [0, 0.1) is 10.8 Å². The van der Waals surface area contributed by atoms with Gasteiger partial charge in [0.2, 0.25) is 0 Å². The zero-order chi connectivity index (χ0) is 48.6. The van der Waals surface area contributed by atoms with E-state index in [-0.39, 0.29) is 24.0 Å². The highest BCUT2D eigenvalue weighted by Crippen LogP contribution is 2.42. The lowest BCUT2D eigenvalue weighted by Gasteiger charge is -2.41. The molecule has 0 unspecified atom stereocenters. The van der Waals surface area contributed by atoms with Gasteiger partial charge in [0, 0.05) is 80.3 Å². The first-order valence-electron chi connectivity index (χ1n) is 24.2. The SMILES string of the molecule is COc1ccc2ncc(CN)c([C@H](O)CCC3(CO)CCN(CCSc4ccccn4)CC3)c2c1.COc1ccc2ncc(CN)c([C@H](O)CCC3(CO)CCN(CCSc4cccs4)CC3)c2c1. The molecule has 0 aliphatic carbocycles. The molecule has 16 heteroatoms. The minimum atomic E-state index is -0.678. The van der Waals surface area contributed by atoms with Gasteiger partial charge in [-0.25, -0.2) is 4.98 Å². The number of piperidine rings is 2. The molecule has 2 aliphatic rings. The zero-order valence-electron chi connectivity index (χ0n) is 40.2. The topological polar surface area (TPSA) is 197 Å². The summed E-state index contributed by atoms with van der Waals surface area (Å²) in [4.78, 5) is 18.4. The van der Waals surface area contributed by atoms with Crippen LogP contribution < -0.4 is 20.9 Å². The summed E-state index contributed by atoms with van der Waals surface area (Å²) in [5.74, 6) is 3.55. The highest BCUT2D eigenvalue weighted by molar-refractivity contribution is 8.01. The molecular weight excluding hydrogens is 927 g/mol. The molecule has 2 aromatic carbocycles. The molecule has 0 spiro atoms. The van der Waals surface area contributed by atoms with Crippen LogP contribution in [-0.4, -0.2) is 123 Å². The Labute approximate surface area is 420 Å². The second kappa shape index (κ2) is 26.0. The summed E-state index contributed by atoms with van der Waals surface area (Å²) in [5.41, 5.74) is 16.7. The first kappa shape index (κ1) is 52.9. The zero-order valence-corrected chi connectivity index (χ0v) is 42.6. The van der Waals surface area contributed by atoms with Crippen LogP contribution in [0.1, 0.15) is 85.8 Å². The van der Waals surface area contributed by atoms with Crippen molar-refractivity contribution in [3.8, 4) is 11.5 Å². The van der Waals surface area contributed by atoms with E-state index in [4.69, 9.17) is 20.9 Å². The van der Waals surface area contributed by atoms with Crippen LogP contribution in [0.5, 0.6) is 11.5 Å². The summed E-state index contributed by atoms with van der Waals surface area (Å²) in [6.45, 7) is 6.91. The second-order valence-corrected chi connectivity index (χ2v) is 21.9. The third kappa shape index (κ3) is 13.9. The Bertz CT molecular complexity index is 2480. The lowest BCUT2D eigenvalue weighted by atomic mass is 9.74. The van der Waals surface area contributed by atoms with E-state index in [0.29, 0.717) is 25.9 Å². The Morgan fingerprint density at radius 3 is 1.59 bits per heavy atom. The van der Waals surface area contributed by atoms with Gasteiger partial charge in [-0.3, -0.25) is 9.97 Å². The molecule has 6 aromatic rings. The Kier molecular flexibility index (Phi) is 19.9. The fourth-order valence-corrected chi connectivity index (χ4v) is 12.5. The number of thioether (sulfide) groups is 2. The number of hydrogen-bond donors (Lipinski definition) is 6. The van der Waals surface area contributed by atoms with Gasteiger partial charge in [-0.15, -0.1) is 34.9 Å². The lowest BCUT2D eigenvalue weighted by Crippen LogP contribution is -2.43. The van der Waals surface area contributed by atoms with Crippen molar-refractivity contribution in [2.24, 2.45) is 22.3 Å². The summed E-state index contributed by atoms with van der Waals surface area (Å²) in [6, 6.07) is 21.7. The summed E-state index contributed by atoms with van der Waals surface area (Å²) >= 11 is 5.49. The highest BCUT2D eigenvalue weighted by atomic mass is 32.2. The van der Waals surface area contributed by atoms with E-state index in [9.17, 15) is 20.4 Å². The van der Waals surface area contributed by atoms with Crippen LogP contribution in [0.3, 0.4) is 0 Å². The Hall–Kier alpha value is -3.91. The van der Waals surface area contributed by atoms with Gasteiger partial charge in [-0.05, 0) is 171 Å². The normalized spacial score (nSPS) is 17.0. The van der Waals surface area contributed by atoms with Crippen molar-refractivity contribution in [3.63, 3.8) is 0 Å².